The number of aromatic nitrogens is 2. The molecule has 4 heteroatoms. The first kappa shape index (κ1) is 14.6. The molecule has 3 nitrogen and oxygen atoms in total. The summed E-state index contributed by atoms with van der Waals surface area (Å²) in [6.07, 6.45) is 6.95. The summed E-state index contributed by atoms with van der Waals surface area (Å²) >= 11 is 1.87. The highest BCUT2D eigenvalue weighted by molar-refractivity contribution is 7.99. The van der Waals surface area contributed by atoms with Crippen molar-refractivity contribution < 1.29 is 0 Å². The van der Waals surface area contributed by atoms with Crippen molar-refractivity contribution in [3.8, 4) is 0 Å². The normalized spacial score (nSPS) is 14.3. The molecule has 0 radical (unpaired) electrons. The Morgan fingerprint density at radius 2 is 2.12 bits per heavy atom. The van der Waals surface area contributed by atoms with Gasteiger partial charge in [0.2, 0.25) is 0 Å². The molecule has 0 aliphatic rings. The highest BCUT2D eigenvalue weighted by Crippen LogP contribution is 2.26. The van der Waals surface area contributed by atoms with E-state index in [9.17, 15) is 0 Å². The predicted octanol–water partition coefficient (Wildman–Crippen LogP) is 3.07. The fraction of sp³-hybridized carbons (Fsp3) is 0.769. The summed E-state index contributed by atoms with van der Waals surface area (Å²) in [6.45, 7) is 9.85. The number of hydrogen-bond donors (Lipinski definition) is 1. The number of imidazole rings is 1. The van der Waals surface area contributed by atoms with E-state index in [4.69, 9.17) is 5.73 Å². The minimum absolute atomic E-state index is 0.0927. The minimum atomic E-state index is 0.0927. The summed E-state index contributed by atoms with van der Waals surface area (Å²) in [6, 6.07) is 0.0927. The Morgan fingerprint density at radius 1 is 1.47 bits per heavy atom. The molecule has 2 N–H and O–H groups in total. The summed E-state index contributed by atoms with van der Waals surface area (Å²) < 4.78 is 2.41. The van der Waals surface area contributed by atoms with Gasteiger partial charge in [0.25, 0.3) is 0 Å². The molecule has 0 bridgehead atoms. The van der Waals surface area contributed by atoms with Crippen LogP contribution in [0.3, 0.4) is 0 Å². The standard InChI is InChI=1S/C13H25N3S/c1-10(2)6-11(14)12-7-15-9-16(12)8-13(3,4)17-5/h7,9-11H,6,8,14H2,1-5H3. The Kier molecular flexibility index (Phi) is 5.07. The summed E-state index contributed by atoms with van der Waals surface area (Å²) in [5.74, 6) is 0.613. The lowest BCUT2D eigenvalue weighted by Gasteiger charge is -2.25. The van der Waals surface area contributed by atoms with E-state index in [0.29, 0.717) is 5.92 Å². The van der Waals surface area contributed by atoms with Crippen molar-refractivity contribution in [2.24, 2.45) is 11.7 Å². The molecule has 98 valence electrons. The van der Waals surface area contributed by atoms with E-state index in [1.807, 2.05) is 24.3 Å². The predicted molar refractivity (Wildman–Crippen MR) is 76.2 cm³/mol. The summed E-state index contributed by atoms with van der Waals surface area (Å²) in [5.41, 5.74) is 7.39. The van der Waals surface area contributed by atoms with E-state index in [1.165, 1.54) is 0 Å². The third-order valence-corrected chi connectivity index (χ3v) is 4.19. The second-order valence-corrected chi connectivity index (χ2v) is 7.16. The third kappa shape index (κ3) is 4.36. The van der Waals surface area contributed by atoms with Gasteiger partial charge in [0.1, 0.15) is 0 Å². The molecule has 0 aliphatic carbocycles. The smallest absolute Gasteiger partial charge is 0.0949 e. The zero-order valence-electron chi connectivity index (χ0n) is 11.6. The van der Waals surface area contributed by atoms with Gasteiger partial charge in [-0.05, 0) is 32.4 Å². The summed E-state index contributed by atoms with van der Waals surface area (Å²) in [4.78, 5) is 4.24. The molecule has 17 heavy (non-hydrogen) atoms. The fourth-order valence-electron chi connectivity index (χ4n) is 1.88. The van der Waals surface area contributed by atoms with Crippen LogP contribution in [0.4, 0.5) is 0 Å². The molecule has 1 unspecified atom stereocenters. The number of nitrogens with two attached hydrogens (primary N) is 1. The molecule has 0 aliphatic heterocycles. The Hall–Kier alpha value is -0.480. The van der Waals surface area contributed by atoms with E-state index in [-0.39, 0.29) is 10.8 Å². The van der Waals surface area contributed by atoms with Gasteiger partial charge in [0.15, 0.2) is 0 Å². The van der Waals surface area contributed by atoms with Crippen LogP contribution < -0.4 is 5.73 Å². The second-order valence-electron chi connectivity index (χ2n) is 5.65. The Balaban J connectivity index is 2.78. The topological polar surface area (TPSA) is 43.8 Å². The average Bonchev–Trinajstić information content (AvgIpc) is 2.64. The van der Waals surface area contributed by atoms with E-state index < -0.39 is 0 Å². The van der Waals surface area contributed by atoms with Gasteiger partial charge in [-0.3, -0.25) is 0 Å². The lowest BCUT2D eigenvalue weighted by molar-refractivity contribution is 0.469. The molecule has 0 fully saturated rings. The van der Waals surface area contributed by atoms with Crippen LogP contribution >= 0.6 is 11.8 Å². The van der Waals surface area contributed by atoms with E-state index in [1.54, 1.807) is 0 Å². The number of nitrogens with zero attached hydrogens (tertiary/aromatic N) is 2. The highest BCUT2D eigenvalue weighted by Gasteiger charge is 2.20. The Morgan fingerprint density at radius 3 is 2.65 bits per heavy atom. The third-order valence-electron chi connectivity index (χ3n) is 2.95. The molecule has 0 spiro atoms. The van der Waals surface area contributed by atoms with E-state index in [2.05, 4.69) is 43.5 Å². The zero-order valence-corrected chi connectivity index (χ0v) is 12.4. The molecule has 1 aromatic rings. The van der Waals surface area contributed by atoms with Crippen LogP contribution in [0.15, 0.2) is 12.5 Å². The summed E-state index contributed by atoms with van der Waals surface area (Å²) in [7, 11) is 0. The molecule has 0 saturated carbocycles. The molecular formula is C13H25N3S. The number of hydrogen-bond acceptors (Lipinski definition) is 3. The van der Waals surface area contributed by atoms with Gasteiger partial charge >= 0.3 is 0 Å². The number of rotatable bonds is 6. The van der Waals surface area contributed by atoms with Gasteiger partial charge in [-0.25, -0.2) is 4.98 Å². The average molecular weight is 255 g/mol. The first-order chi connectivity index (χ1) is 7.85. The highest BCUT2D eigenvalue weighted by atomic mass is 32.2. The van der Waals surface area contributed by atoms with Gasteiger partial charge in [-0.1, -0.05) is 13.8 Å². The first-order valence-corrected chi connectivity index (χ1v) is 7.39. The van der Waals surface area contributed by atoms with Crippen molar-refractivity contribution in [3.05, 3.63) is 18.2 Å². The maximum absolute atomic E-state index is 6.23. The van der Waals surface area contributed by atoms with E-state index in [0.717, 1.165) is 18.7 Å². The van der Waals surface area contributed by atoms with Gasteiger partial charge < -0.3 is 10.3 Å². The molecule has 0 amide bonds. The molecule has 1 atom stereocenters. The first-order valence-electron chi connectivity index (χ1n) is 6.16. The molecule has 1 heterocycles. The quantitative estimate of drug-likeness (QED) is 0.849. The Bertz CT molecular complexity index is 344. The SMILES string of the molecule is CSC(C)(C)Cn1cncc1C(N)CC(C)C. The molecule has 1 rings (SSSR count). The van der Waals surface area contributed by atoms with Crippen molar-refractivity contribution in [1.29, 1.82) is 0 Å². The van der Waals surface area contributed by atoms with Crippen molar-refractivity contribution >= 4 is 11.8 Å². The van der Waals surface area contributed by atoms with Crippen LogP contribution in [-0.4, -0.2) is 20.6 Å². The van der Waals surface area contributed by atoms with Gasteiger partial charge in [0.05, 0.1) is 12.0 Å². The fourth-order valence-corrected chi connectivity index (χ4v) is 2.14. The van der Waals surface area contributed by atoms with Crippen molar-refractivity contribution in [2.45, 2.75) is 51.4 Å². The minimum Gasteiger partial charge on any atom is -0.332 e. The lowest BCUT2D eigenvalue weighted by Crippen LogP contribution is -2.25. The zero-order chi connectivity index (χ0) is 13.1. The van der Waals surface area contributed by atoms with Crippen LogP contribution in [0, 0.1) is 5.92 Å². The molecule has 1 aromatic heterocycles. The Labute approximate surface area is 109 Å². The van der Waals surface area contributed by atoms with Crippen LogP contribution in [0.2, 0.25) is 0 Å². The van der Waals surface area contributed by atoms with Gasteiger partial charge in [0, 0.05) is 23.5 Å². The van der Waals surface area contributed by atoms with Crippen LogP contribution in [-0.2, 0) is 6.54 Å². The maximum atomic E-state index is 6.23. The second kappa shape index (κ2) is 5.91. The maximum Gasteiger partial charge on any atom is 0.0949 e. The van der Waals surface area contributed by atoms with Gasteiger partial charge in [-0.2, -0.15) is 11.8 Å². The number of thioether (sulfide) groups is 1. The largest absolute Gasteiger partial charge is 0.332 e. The molecule has 0 saturated heterocycles. The van der Waals surface area contributed by atoms with Crippen molar-refractivity contribution in [1.82, 2.24) is 9.55 Å². The van der Waals surface area contributed by atoms with Crippen LogP contribution in [0.5, 0.6) is 0 Å². The summed E-state index contributed by atoms with van der Waals surface area (Å²) in [5, 5.41) is 0. The van der Waals surface area contributed by atoms with Crippen molar-refractivity contribution in [3.63, 3.8) is 0 Å². The van der Waals surface area contributed by atoms with Gasteiger partial charge in [-0.15, -0.1) is 0 Å². The van der Waals surface area contributed by atoms with Crippen LogP contribution in [0.25, 0.3) is 0 Å². The lowest BCUT2D eigenvalue weighted by atomic mass is 10.0. The monoisotopic (exact) mass is 255 g/mol. The van der Waals surface area contributed by atoms with E-state index >= 15 is 0 Å². The molecular weight excluding hydrogens is 230 g/mol. The molecule has 0 aromatic carbocycles. The van der Waals surface area contributed by atoms with Crippen LogP contribution in [0.1, 0.15) is 45.9 Å². The van der Waals surface area contributed by atoms with Crippen molar-refractivity contribution in [2.75, 3.05) is 6.26 Å².